The zero-order valence-corrected chi connectivity index (χ0v) is 10.1. The molecule has 1 aromatic rings. The second kappa shape index (κ2) is 4.71. The molecule has 92 valence electrons. The van der Waals surface area contributed by atoms with Crippen molar-refractivity contribution >= 4 is 11.4 Å². The highest BCUT2D eigenvalue weighted by atomic mass is 16.6. The fourth-order valence-corrected chi connectivity index (χ4v) is 2.08. The van der Waals surface area contributed by atoms with Gasteiger partial charge in [0.1, 0.15) is 5.69 Å². The Morgan fingerprint density at radius 2 is 1.94 bits per heavy atom. The number of hydrogen-bond acceptors (Lipinski definition) is 4. The van der Waals surface area contributed by atoms with Gasteiger partial charge in [0.25, 0.3) is 5.69 Å². The smallest absolute Gasteiger partial charge is 0.295 e. The van der Waals surface area contributed by atoms with Gasteiger partial charge in [-0.3, -0.25) is 10.1 Å². The van der Waals surface area contributed by atoms with Crippen LogP contribution in [0.15, 0.2) is 12.1 Å². The Morgan fingerprint density at radius 3 is 2.53 bits per heavy atom. The molecule has 1 fully saturated rings. The molecule has 1 heterocycles. The van der Waals surface area contributed by atoms with Crippen molar-refractivity contribution in [2.45, 2.75) is 13.8 Å². The summed E-state index contributed by atoms with van der Waals surface area (Å²) in [5.74, 6) is 0. The molecular formula is C12H16N2O3. The van der Waals surface area contributed by atoms with E-state index < -0.39 is 0 Å². The molecule has 1 aromatic carbocycles. The number of benzene rings is 1. The summed E-state index contributed by atoms with van der Waals surface area (Å²) in [5, 5.41) is 11.2. The van der Waals surface area contributed by atoms with E-state index in [2.05, 4.69) is 0 Å². The topological polar surface area (TPSA) is 55.6 Å². The van der Waals surface area contributed by atoms with Gasteiger partial charge in [-0.2, -0.15) is 0 Å². The van der Waals surface area contributed by atoms with Gasteiger partial charge in [0.15, 0.2) is 0 Å². The van der Waals surface area contributed by atoms with Crippen LogP contribution in [0.1, 0.15) is 11.1 Å². The second-order valence-corrected chi connectivity index (χ2v) is 4.23. The fraction of sp³-hybridized carbons (Fsp3) is 0.500. The Kier molecular flexibility index (Phi) is 3.28. The van der Waals surface area contributed by atoms with E-state index in [4.69, 9.17) is 4.74 Å². The van der Waals surface area contributed by atoms with Crippen LogP contribution in [0, 0.1) is 24.0 Å². The van der Waals surface area contributed by atoms with Crippen molar-refractivity contribution in [3.8, 4) is 0 Å². The van der Waals surface area contributed by atoms with E-state index >= 15 is 0 Å². The van der Waals surface area contributed by atoms with Gasteiger partial charge in [-0.25, -0.2) is 0 Å². The lowest BCUT2D eigenvalue weighted by Gasteiger charge is -2.29. The molecule has 0 amide bonds. The van der Waals surface area contributed by atoms with Crippen molar-refractivity contribution in [3.05, 3.63) is 33.4 Å². The van der Waals surface area contributed by atoms with E-state index in [1.807, 2.05) is 24.0 Å². The molecule has 1 aliphatic rings. The molecular weight excluding hydrogens is 220 g/mol. The summed E-state index contributed by atoms with van der Waals surface area (Å²) in [5.41, 5.74) is 2.64. The molecule has 0 aliphatic carbocycles. The van der Waals surface area contributed by atoms with E-state index in [1.165, 1.54) is 0 Å². The van der Waals surface area contributed by atoms with Gasteiger partial charge in [0.05, 0.1) is 18.1 Å². The van der Waals surface area contributed by atoms with Crippen LogP contribution in [0.4, 0.5) is 11.4 Å². The molecule has 0 saturated carbocycles. The molecule has 0 radical (unpaired) electrons. The maximum Gasteiger partial charge on any atom is 0.295 e. The summed E-state index contributed by atoms with van der Waals surface area (Å²) in [6.45, 7) is 6.38. The van der Waals surface area contributed by atoms with E-state index in [0.29, 0.717) is 32.0 Å². The van der Waals surface area contributed by atoms with Crippen molar-refractivity contribution in [3.63, 3.8) is 0 Å². The Labute approximate surface area is 100 Å². The lowest BCUT2D eigenvalue weighted by molar-refractivity contribution is -0.384. The van der Waals surface area contributed by atoms with E-state index in [0.717, 1.165) is 11.1 Å². The number of ether oxygens (including phenoxy) is 1. The van der Waals surface area contributed by atoms with E-state index in [9.17, 15) is 10.1 Å². The number of aryl methyl sites for hydroxylation is 1. The Hall–Kier alpha value is -1.62. The van der Waals surface area contributed by atoms with Crippen molar-refractivity contribution in [2.24, 2.45) is 0 Å². The first-order valence-electron chi connectivity index (χ1n) is 5.68. The van der Waals surface area contributed by atoms with Gasteiger partial charge in [0.2, 0.25) is 0 Å². The maximum absolute atomic E-state index is 11.2. The summed E-state index contributed by atoms with van der Waals surface area (Å²) in [6, 6.07) is 3.78. The van der Waals surface area contributed by atoms with Crippen LogP contribution in [-0.4, -0.2) is 31.2 Å². The first-order valence-corrected chi connectivity index (χ1v) is 5.68. The number of morpholine rings is 1. The van der Waals surface area contributed by atoms with Crippen molar-refractivity contribution in [1.29, 1.82) is 0 Å². The quantitative estimate of drug-likeness (QED) is 0.582. The SMILES string of the molecule is Cc1ccc(N2CCOCC2)c([N+](=O)[O-])c1C. The van der Waals surface area contributed by atoms with Crippen molar-refractivity contribution in [2.75, 3.05) is 31.2 Å². The minimum absolute atomic E-state index is 0.229. The molecule has 0 bridgehead atoms. The summed E-state index contributed by atoms with van der Waals surface area (Å²) in [7, 11) is 0. The molecule has 0 aromatic heterocycles. The predicted molar refractivity (Wildman–Crippen MR) is 65.6 cm³/mol. The Morgan fingerprint density at radius 1 is 1.29 bits per heavy atom. The molecule has 0 N–H and O–H groups in total. The minimum Gasteiger partial charge on any atom is -0.378 e. The van der Waals surface area contributed by atoms with Gasteiger partial charge < -0.3 is 9.64 Å². The van der Waals surface area contributed by atoms with Gasteiger partial charge in [0, 0.05) is 18.7 Å². The molecule has 0 spiro atoms. The monoisotopic (exact) mass is 236 g/mol. The first kappa shape index (κ1) is 11.9. The number of anilines is 1. The summed E-state index contributed by atoms with van der Waals surface area (Å²) in [4.78, 5) is 12.9. The number of hydrogen-bond donors (Lipinski definition) is 0. The Balaban J connectivity index is 2.45. The van der Waals surface area contributed by atoms with Crippen LogP contribution in [0.2, 0.25) is 0 Å². The van der Waals surface area contributed by atoms with Crippen LogP contribution >= 0.6 is 0 Å². The minimum atomic E-state index is -0.285. The third-order valence-electron chi connectivity index (χ3n) is 3.21. The highest BCUT2D eigenvalue weighted by molar-refractivity contribution is 5.68. The lowest BCUT2D eigenvalue weighted by atomic mass is 10.1. The molecule has 0 unspecified atom stereocenters. The molecule has 1 saturated heterocycles. The number of nitrogens with zero attached hydrogens (tertiary/aromatic N) is 2. The highest BCUT2D eigenvalue weighted by Crippen LogP contribution is 2.33. The Bertz CT molecular complexity index is 440. The van der Waals surface area contributed by atoms with Crippen LogP contribution in [-0.2, 0) is 4.74 Å². The van der Waals surface area contributed by atoms with Crippen molar-refractivity contribution in [1.82, 2.24) is 0 Å². The third-order valence-corrected chi connectivity index (χ3v) is 3.21. The molecule has 1 aliphatic heterocycles. The van der Waals surface area contributed by atoms with Crippen LogP contribution in [0.3, 0.4) is 0 Å². The van der Waals surface area contributed by atoms with Crippen molar-refractivity contribution < 1.29 is 9.66 Å². The molecule has 17 heavy (non-hydrogen) atoms. The van der Waals surface area contributed by atoms with Gasteiger partial charge in [-0.15, -0.1) is 0 Å². The zero-order valence-electron chi connectivity index (χ0n) is 10.1. The van der Waals surface area contributed by atoms with Gasteiger partial charge in [-0.05, 0) is 25.5 Å². The first-order chi connectivity index (χ1) is 8.11. The zero-order chi connectivity index (χ0) is 12.4. The van der Waals surface area contributed by atoms with Gasteiger partial charge >= 0.3 is 0 Å². The van der Waals surface area contributed by atoms with E-state index in [1.54, 1.807) is 6.92 Å². The normalized spacial score (nSPS) is 16.0. The average Bonchev–Trinajstić information content (AvgIpc) is 2.33. The van der Waals surface area contributed by atoms with Gasteiger partial charge in [-0.1, -0.05) is 6.07 Å². The van der Waals surface area contributed by atoms with E-state index in [-0.39, 0.29) is 10.6 Å². The molecule has 2 rings (SSSR count). The lowest BCUT2D eigenvalue weighted by Crippen LogP contribution is -2.36. The maximum atomic E-state index is 11.2. The predicted octanol–water partition coefficient (Wildman–Crippen LogP) is 2.05. The number of rotatable bonds is 2. The average molecular weight is 236 g/mol. The molecule has 0 atom stereocenters. The molecule has 5 heteroatoms. The van der Waals surface area contributed by atoms with Crippen LogP contribution < -0.4 is 4.90 Å². The summed E-state index contributed by atoms with van der Waals surface area (Å²) in [6.07, 6.45) is 0. The number of nitro benzene ring substituents is 1. The second-order valence-electron chi connectivity index (χ2n) is 4.23. The fourth-order valence-electron chi connectivity index (χ4n) is 2.08. The largest absolute Gasteiger partial charge is 0.378 e. The molecule has 5 nitrogen and oxygen atoms in total. The summed E-state index contributed by atoms with van der Waals surface area (Å²) >= 11 is 0. The van der Waals surface area contributed by atoms with Crippen LogP contribution in [0.5, 0.6) is 0 Å². The standard InChI is InChI=1S/C12H16N2O3/c1-9-3-4-11(12(10(9)2)14(15)16)13-5-7-17-8-6-13/h3-4H,5-8H2,1-2H3. The highest BCUT2D eigenvalue weighted by Gasteiger charge is 2.24. The van der Waals surface area contributed by atoms with Crippen LogP contribution in [0.25, 0.3) is 0 Å². The number of nitro groups is 1. The summed E-state index contributed by atoms with van der Waals surface area (Å²) < 4.78 is 5.26. The third kappa shape index (κ3) is 2.24.